The molecule has 0 atom stereocenters. The van der Waals surface area contributed by atoms with E-state index in [1.807, 2.05) is 0 Å². The number of nitrogens with two attached hydrogens (primary N) is 1. The van der Waals surface area contributed by atoms with Gasteiger partial charge in [-0.15, -0.1) is 0 Å². The number of anilines is 1. The Bertz CT molecular complexity index is 719. The predicted octanol–water partition coefficient (Wildman–Crippen LogP) is 0.565. The van der Waals surface area contributed by atoms with Gasteiger partial charge in [0.25, 0.3) is 16.1 Å². The number of oxazole rings is 1. The minimum atomic E-state index is -4.57. The second-order valence-electron chi connectivity index (χ2n) is 3.07. The predicted molar refractivity (Wildman–Crippen MR) is 54.9 cm³/mol. The van der Waals surface area contributed by atoms with Crippen LogP contribution in [0.5, 0.6) is 0 Å². The first-order chi connectivity index (χ1) is 7.79. The Morgan fingerprint density at radius 1 is 1.47 bits per heavy atom. The molecule has 0 amide bonds. The summed E-state index contributed by atoms with van der Waals surface area (Å²) < 4.78 is 35.4. The van der Waals surface area contributed by atoms with E-state index in [0.29, 0.717) is 6.07 Å². The van der Waals surface area contributed by atoms with Crippen molar-refractivity contribution in [3.05, 3.63) is 22.2 Å². The number of benzene rings is 1. The summed E-state index contributed by atoms with van der Waals surface area (Å²) in [6, 6.07) is 1.26. The maximum absolute atomic E-state index is 10.9. The third-order valence-corrected chi connectivity index (χ3v) is 2.79. The van der Waals surface area contributed by atoms with E-state index in [4.69, 9.17) is 14.7 Å². The lowest BCUT2D eigenvalue weighted by Crippen LogP contribution is -1.99. The van der Waals surface area contributed by atoms with Crippen LogP contribution in [0.25, 0.3) is 11.1 Å². The van der Waals surface area contributed by atoms with Gasteiger partial charge in [-0.2, -0.15) is 13.4 Å². The first-order valence-electron chi connectivity index (χ1n) is 4.11. The lowest BCUT2D eigenvalue weighted by Gasteiger charge is -1.97. The minimum absolute atomic E-state index is 0.121. The fourth-order valence-electron chi connectivity index (χ4n) is 1.29. The summed E-state index contributed by atoms with van der Waals surface area (Å²) in [4.78, 5) is 12.8. The van der Waals surface area contributed by atoms with Gasteiger partial charge >= 0.3 is 5.69 Å². The largest absolute Gasteiger partial charge is 0.416 e. The van der Waals surface area contributed by atoms with Gasteiger partial charge in [0, 0.05) is 6.07 Å². The van der Waals surface area contributed by atoms with Crippen LogP contribution in [0.2, 0.25) is 0 Å². The van der Waals surface area contributed by atoms with Crippen LogP contribution in [-0.2, 0) is 10.1 Å². The molecule has 0 spiro atoms. The standard InChI is InChI=1S/C7H5N3O6S/c8-7-9-4-1-3(17(13,14)15)2-5(10(11)12)6(4)16-7/h1-2H,(H2,8,9)(H,13,14,15). The van der Waals surface area contributed by atoms with Gasteiger partial charge in [-0.3, -0.25) is 14.7 Å². The highest BCUT2D eigenvalue weighted by Crippen LogP contribution is 2.30. The second kappa shape index (κ2) is 3.40. The highest BCUT2D eigenvalue weighted by molar-refractivity contribution is 7.85. The molecule has 3 N–H and O–H groups in total. The van der Waals surface area contributed by atoms with E-state index in [-0.39, 0.29) is 17.1 Å². The molecule has 2 rings (SSSR count). The summed E-state index contributed by atoms with van der Waals surface area (Å²) in [5.74, 6) is 0. The van der Waals surface area contributed by atoms with Crippen molar-refractivity contribution in [1.82, 2.24) is 4.98 Å². The molecular formula is C7H5N3O6S. The summed E-state index contributed by atoms with van der Waals surface area (Å²) in [7, 11) is -4.57. The summed E-state index contributed by atoms with van der Waals surface area (Å²) in [5.41, 5.74) is 4.20. The van der Waals surface area contributed by atoms with Crippen LogP contribution < -0.4 is 5.73 Å². The van der Waals surface area contributed by atoms with Crippen molar-refractivity contribution in [3.8, 4) is 0 Å². The van der Waals surface area contributed by atoms with E-state index >= 15 is 0 Å². The molecule has 0 aliphatic heterocycles. The zero-order chi connectivity index (χ0) is 12.8. The number of hydrogen-bond donors (Lipinski definition) is 2. The first-order valence-corrected chi connectivity index (χ1v) is 5.55. The molecule has 0 radical (unpaired) electrons. The van der Waals surface area contributed by atoms with Gasteiger partial charge in [-0.05, 0) is 6.07 Å². The van der Waals surface area contributed by atoms with Crippen LogP contribution >= 0.6 is 0 Å². The highest BCUT2D eigenvalue weighted by Gasteiger charge is 2.23. The SMILES string of the molecule is Nc1nc2cc(S(=O)(=O)O)cc([N+](=O)[O-])c2o1. The van der Waals surface area contributed by atoms with Crippen molar-refractivity contribution in [1.29, 1.82) is 0 Å². The molecule has 1 heterocycles. The van der Waals surface area contributed by atoms with E-state index in [9.17, 15) is 18.5 Å². The lowest BCUT2D eigenvalue weighted by molar-refractivity contribution is -0.383. The third kappa shape index (κ3) is 1.90. The fraction of sp³-hybridized carbons (Fsp3) is 0. The van der Waals surface area contributed by atoms with Crippen molar-refractivity contribution < 1.29 is 22.3 Å². The number of hydrogen-bond acceptors (Lipinski definition) is 7. The molecule has 1 aromatic carbocycles. The zero-order valence-corrected chi connectivity index (χ0v) is 8.84. The van der Waals surface area contributed by atoms with Crippen LogP contribution in [-0.4, -0.2) is 22.9 Å². The van der Waals surface area contributed by atoms with Crippen molar-refractivity contribution in [2.75, 3.05) is 5.73 Å². The summed E-state index contributed by atoms with van der Waals surface area (Å²) in [6.45, 7) is 0. The van der Waals surface area contributed by atoms with Crippen LogP contribution in [0.15, 0.2) is 21.4 Å². The maximum Gasteiger partial charge on any atom is 0.315 e. The van der Waals surface area contributed by atoms with Gasteiger partial charge in [0.2, 0.25) is 5.58 Å². The van der Waals surface area contributed by atoms with Crippen LogP contribution in [0.1, 0.15) is 0 Å². The Labute approximate surface area is 93.7 Å². The number of rotatable bonds is 2. The van der Waals surface area contributed by atoms with Crippen LogP contribution in [0.3, 0.4) is 0 Å². The van der Waals surface area contributed by atoms with E-state index in [1.165, 1.54) is 0 Å². The number of non-ortho nitro benzene ring substituents is 1. The Hall–Kier alpha value is -2.20. The van der Waals surface area contributed by atoms with Gasteiger partial charge < -0.3 is 10.2 Å². The molecule has 0 saturated carbocycles. The van der Waals surface area contributed by atoms with Crippen molar-refractivity contribution in [2.24, 2.45) is 0 Å². The topological polar surface area (TPSA) is 150 Å². The molecule has 1 aromatic heterocycles. The van der Waals surface area contributed by atoms with Crippen molar-refractivity contribution in [3.63, 3.8) is 0 Å². The van der Waals surface area contributed by atoms with Crippen molar-refractivity contribution >= 4 is 32.9 Å². The number of nitro benzene ring substituents is 1. The Balaban J connectivity index is 2.89. The normalized spacial score (nSPS) is 11.8. The van der Waals surface area contributed by atoms with Crippen LogP contribution in [0, 0.1) is 10.1 Å². The summed E-state index contributed by atoms with van der Waals surface area (Å²) in [6.07, 6.45) is 0. The lowest BCUT2D eigenvalue weighted by atomic mass is 10.3. The second-order valence-corrected chi connectivity index (χ2v) is 4.50. The number of nitrogen functional groups attached to an aromatic ring is 1. The third-order valence-electron chi connectivity index (χ3n) is 1.96. The van der Waals surface area contributed by atoms with Crippen LogP contribution in [0.4, 0.5) is 11.7 Å². The smallest absolute Gasteiger partial charge is 0.315 e. The maximum atomic E-state index is 10.9. The van der Waals surface area contributed by atoms with Gasteiger partial charge in [-0.25, -0.2) is 0 Å². The van der Waals surface area contributed by atoms with Gasteiger partial charge in [-0.1, -0.05) is 0 Å². The highest BCUT2D eigenvalue weighted by atomic mass is 32.2. The quantitative estimate of drug-likeness (QED) is 0.451. The summed E-state index contributed by atoms with van der Waals surface area (Å²) >= 11 is 0. The molecule has 0 fully saturated rings. The van der Waals surface area contributed by atoms with Gasteiger partial charge in [0.05, 0.1) is 4.92 Å². The van der Waals surface area contributed by atoms with Gasteiger partial charge in [0.15, 0.2) is 0 Å². The molecule has 10 heteroatoms. The molecule has 90 valence electrons. The molecule has 2 aromatic rings. The molecule has 0 aliphatic rings. The number of nitrogens with zero attached hydrogens (tertiary/aromatic N) is 2. The minimum Gasteiger partial charge on any atom is -0.416 e. The van der Waals surface area contributed by atoms with E-state index in [1.54, 1.807) is 0 Å². The number of fused-ring (bicyclic) bond motifs is 1. The number of aromatic nitrogens is 1. The molecule has 9 nitrogen and oxygen atoms in total. The van der Waals surface area contributed by atoms with E-state index in [0.717, 1.165) is 6.07 Å². The molecular weight excluding hydrogens is 254 g/mol. The Morgan fingerprint density at radius 2 is 2.12 bits per heavy atom. The Kier molecular flexibility index (Phi) is 2.26. The fourth-order valence-corrected chi connectivity index (χ4v) is 1.81. The average molecular weight is 259 g/mol. The number of nitro groups is 1. The zero-order valence-electron chi connectivity index (χ0n) is 8.02. The average Bonchev–Trinajstić information content (AvgIpc) is 2.54. The summed E-state index contributed by atoms with van der Waals surface area (Å²) in [5, 5.41) is 10.7. The molecule has 0 aliphatic carbocycles. The monoisotopic (exact) mass is 259 g/mol. The molecule has 0 bridgehead atoms. The Morgan fingerprint density at radius 3 is 2.65 bits per heavy atom. The van der Waals surface area contributed by atoms with E-state index in [2.05, 4.69) is 4.98 Å². The van der Waals surface area contributed by atoms with E-state index < -0.39 is 25.6 Å². The molecule has 0 saturated heterocycles. The molecule has 0 unspecified atom stereocenters. The molecule has 17 heavy (non-hydrogen) atoms. The van der Waals surface area contributed by atoms with Gasteiger partial charge in [0.1, 0.15) is 10.4 Å². The van der Waals surface area contributed by atoms with Crippen molar-refractivity contribution in [2.45, 2.75) is 4.90 Å². The first kappa shape index (κ1) is 11.3.